The summed E-state index contributed by atoms with van der Waals surface area (Å²) in [5.41, 5.74) is 2.82. The summed E-state index contributed by atoms with van der Waals surface area (Å²) in [5, 5.41) is -1.31. The lowest BCUT2D eigenvalue weighted by atomic mass is 9.79. The zero-order valence-corrected chi connectivity index (χ0v) is 22.1. The number of carbonyl (C=O) groups excluding carboxylic acids is 1. The highest BCUT2D eigenvalue weighted by atomic mass is 31.2. The standard InChI is InChI=1S/C25H41O5P/c1-12-29-31(27,30-13-2)25(9,10)21(26)15-14-18-16-19(23(3,4)5)17-20(22(18)28-11)24(6,7)8/h14-17H,12-13H2,1-11H3/b15-14+. The maximum atomic E-state index is 13.3. The molecular formula is C25H41O5P. The average Bonchev–Trinajstić information content (AvgIpc) is 2.63. The van der Waals surface area contributed by atoms with Crippen LogP contribution in [0.25, 0.3) is 6.08 Å². The molecule has 1 rings (SSSR count). The zero-order chi connectivity index (χ0) is 24.3. The van der Waals surface area contributed by atoms with E-state index < -0.39 is 12.8 Å². The summed E-state index contributed by atoms with van der Waals surface area (Å²) < 4.78 is 29.9. The molecule has 0 saturated heterocycles. The molecule has 0 aromatic heterocycles. The van der Waals surface area contributed by atoms with Crippen LogP contribution in [0.3, 0.4) is 0 Å². The van der Waals surface area contributed by atoms with Gasteiger partial charge in [0.25, 0.3) is 0 Å². The van der Waals surface area contributed by atoms with Crippen LogP contribution in [-0.2, 0) is 29.2 Å². The number of carbonyl (C=O) groups is 1. The summed E-state index contributed by atoms with van der Waals surface area (Å²) in [7, 11) is -1.98. The highest BCUT2D eigenvalue weighted by molar-refractivity contribution is 7.56. The molecule has 176 valence electrons. The average molecular weight is 453 g/mol. The Kier molecular flexibility index (Phi) is 8.93. The Morgan fingerprint density at radius 1 is 0.935 bits per heavy atom. The van der Waals surface area contributed by atoms with Crippen molar-refractivity contribution in [2.75, 3.05) is 20.3 Å². The molecule has 0 atom stereocenters. The van der Waals surface area contributed by atoms with Gasteiger partial charge < -0.3 is 13.8 Å². The van der Waals surface area contributed by atoms with Crippen molar-refractivity contribution in [3.8, 4) is 5.75 Å². The quantitative estimate of drug-likeness (QED) is 0.301. The van der Waals surface area contributed by atoms with Gasteiger partial charge in [0.15, 0.2) is 5.78 Å². The molecule has 0 spiro atoms. The van der Waals surface area contributed by atoms with Crippen LogP contribution in [0, 0.1) is 0 Å². The first kappa shape index (κ1) is 27.6. The van der Waals surface area contributed by atoms with Crippen LogP contribution >= 0.6 is 7.60 Å². The molecule has 6 heteroatoms. The molecule has 0 N–H and O–H groups in total. The van der Waals surface area contributed by atoms with Crippen molar-refractivity contribution in [3.05, 3.63) is 34.9 Å². The van der Waals surface area contributed by atoms with Crippen molar-refractivity contribution in [1.82, 2.24) is 0 Å². The first-order chi connectivity index (χ1) is 14.0. The van der Waals surface area contributed by atoms with Gasteiger partial charge in [-0.2, -0.15) is 0 Å². The van der Waals surface area contributed by atoms with E-state index in [1.165, 1.54) is 6.08 Å². The summed E-state index contributed by atoms with van der Waals surface area (Å²) in [6.45, 7) is 20.0. The number of rotatable bonds is 9. The van der Waals surface area contributed by atoms with Gasteiger partial charge in [0, 0.05) is 11.1 Å². The Balaban J connectivity index is 3.56. The molecule has 0 amide bonds. The van der Waals surface area contributed by atoms with E-state index >= 15 is 0 Å². The molecule has 5 nitrogen and oxygen atoms in total. The van der Waals surface area contributed by atoms with E-state index in [2.05, 4.69) is 53.7 Å². The molecule has 0 heterocycles. The van der Waals surface area contributed by atoms with E-state index in [0.29, 0.717) is 0 Å². The lowest BCUT2D eigenvalue weighted by Crippen LogP contribution is -2.32. The normalized spacial score (nSPS) is 13.6. The van der Waals surface area contributed by atoms with Crippen LogP contribution in [-0.4, -0.2) is 31.3 Å². The number of hydrogen-bond acceptors (Lipinski definition) is 5. The highest BCUT2D eigenvalue weighted by Crippen LogP contribution is 2.60. The monoisotopic (exact) mass is 452 g/mol. The van der Waals surface area contributed by atoms with Gasteiger partial charge in [-0.15, -0.1) is 0 Å². The summed E-state index contributed by atoms with van der Waals surface area (Å²) in [4.78, 5) is 13.1. The molecule has 0 aliphatic carbocycles. The third-order valence-electron chi connectivity index (χ3n) is 5.30. The molecule has 0 unspecified atom stereocenters. The van der Waals surface area contributed by atoms with Gasteiger partial charge in [-0.3, -0.25) is 9.36 Å². The van der Waals surface area contributed by atoms with Crippen molar-refractivity contribution < 1.29 is 23.1 Å². The molecule has 1 aromatic carbocycles. The third kappa shape index (κ3) is 6.31. The topological polar surface area (TPSA) is 61.8 Å². The second-order valence-electron chi connectivity index (χ2n) is 10.2. The lowest BCUT2D eigenvalue weighted by Gasteiger charge is -2.30. The third-order valence-corrected chi connectivity index (χ3v) is 8.08. The van der Waals surface area contributed by atoms with Gasteiger partial charge in [-0.05, 0) is 62.3 Å². The lowest BCUT2D eigenvalue weighted by molar-refractivity contribution is -0.116. The minimum Gasteiger partial charge on any atom is -0.496 e. The number of ketones is 1. The van der Waals surface area contributed by atoms with Crippen LogP contribution in [0.1, 0.15) is 85.9 Å². The minimum atomic E-state index is -3.62. The van der Waals surface area contributed by atoms with Gasteiger partial charge in [-0.25, -0.2) is 0 Å². The van der Waals surface area contributed by atoms with Crippen molar-refractivity contribution in [3.63, 3.8) is 0 Å². The highest BCUT2D eigenvalue weighted by Gasteiger charge is 2.48. The van der Waals surface area contributed by atoms with E-state index in [9.17, 15) is 9.36 Å². The molecule has 0 radical (unpaired) electrons. The predicted molar refractivity (Wildman–Crippen MR) is 129 cm³/mol. The fraction of sp³-hybridized carbons (Fsp3) is 0.640. The van der Waals surface area contributed by atoms with Crippen LogP contribution in [0.15, 0.2) is 18.2 Å². The van der Waals surface area contributed by atoms with Crippen molar-refractivity contribution in [2.45, 2.75) is 85.2 Å². The summed E-state index contributed by atoms with van der Waals surface area (Å²) in [6, 6.07) is 4.23. The van der Waals surface area contributed by atoms with Gasteiger partial charge in [-0.1, -0.05) is 47.6 Å². The molecule has 1 aromatic rings. The fourth-order valence-corrected chi connectivity index (χ4v) is 4.94. The smallest absolute Gasteiger partial charge is 0.343 e. The molecule has 0 bridgehead atoms. The molecule has 0 fully saturated rings. The van der Waals surface area contributed by atoms with E-state index in [-0.39, 0.29) is 29.8 Å². The first-order valence-corrected chi connectivity index (χ1v) is 12.4. The van der Waals surface area contributed by atoms with Gasteiger partial charge >= 0.3 is 7.60 Å². The van der Waals surface area contributed by atoms with Crippen molar-refractivity contribution >= 4 is 19.5 Å². The Morgan fingerprint density at radius 3 is 1.84 bits per heavy atom. The Labute approximate surface area is 189 Å². The van der Waals surface area contributed by atoms with Crippen LogP contribution < -0.4 is 4.74 Å². The van der Waals surface area contributed by atoms with E-state index in [1.807, 2.05) is 0 Å². The second kappa shape index (κ2) is 10.0. The predicted octanol–water partition coefficient (Wildman–Crippen LogP) is 6.92. The molecule has 31 heavy (non-hydrogen) atoms. The van der Waals surface area contributed by atoms with Crippen LogP contribution in [0.2, 0.25) is 0 Å². The van der Waals surface area contributed by atoms with Crippen LogP contribution in [0.5, 0.6) is 5.75 Å². The number of benzene rings is 1. The first-order valence-electron chi connectivity index (χ1n) is 10.9. The number of methoxy groups -OCH3 is 1. The number of allylic oxidation sites excluding steroid dienone is 1. The second-order valence-corrected chi connectivity index (χ2v) is 12.9. The molecule has 0 aliphatic heterocycles. The van der Waals surface area contributed by atoms with Gasteiger partial charge in [0.2, 0.25) is 0 Å². The van der Waals surface area contributed by atoms with E-state index in [0.717, 1.165) is 22.4 Å². The van der Waals surface area contributed by atoms with Crippen molar-refractivity contribution in [1.29, 1.82) is 0 Å². The Hall–Kier alpha value is -1.42. The summed E-state index contributed by atoms with van der Waals surface area (Å²) >= 11 is 0. The minimum absolute atomic E-state index is 0.0717. The largest absolute Gasteiger partial charge is 0.496 e. The maximum Gasteiger partial charge on any atom is 0.343 e. The number of ether oxygens (including phenoxy) is 1. The number of hydrogen-bond donors (Lipinski definition) is 0. The molecule has 0 aliphatic rings. The summed E-state index contributed by atoms with van der Waals surface area (Å²) in [6.07, 6.45) is 3.21. The molecule has 0 saturated carbocycles. The SMILES string of the molecule is CCOP(=O)(OCC)C(C)(C)C(=O)/C=C/c1cc(C(C)(C)C)cc(C(C)(C)C)c1OC. The molecular weight excluding hydrogens is 411 g/mol. The Bertz CT molecular complexity index is 844. The van der Waals surface area contributed by atoms with Crippen LogP contribution in [0.4, 0.5) is 0 Å². The van der Waals surface area contributed by atoms with E-state index in [1.54, 1.807) is 40.9 Å². The van der Waals surface area contributed by atoms with Crippen molar-refractivity contribution in [2.24, 2.45) is 0 Å². The summed E-state index contributed by atoms with van der Waals surface area (Å²) in [5.74, 6) is 0.415. The Morgan fingerprint density at radius 2 is 1.45 bits per heavy atom. The zero-order valence-electron chi connectivity index (χ0n) is 21.2. The van der Waals surface area contributed by atoms with E-state index in [4.69, 9.17) is 13.8 Å². The maximum absolute atomic E-state index is 13.3. The fourth-order valence-electron chi connectivity index (χ4n) is 3.20. The van der Waals surface area contributed by atoms with Gasteiger partial charge in [0.05, 0.1) is 20.3 Å². The van der Waals surface area contributed by atoms with Gasteiger partial charge in [0.1, 0.15) is 10.9 Å².